The van der Waals surface area contributed by atoms with Gasteiger partial charge >= 0.3 is 0 Å². The first-order valence-corrected chi connectivity index (χ1v) is 11.3. The van der Waals surface area contributed by atoms with Crippen molar-refractivity contribution in [3.63, 3.8) is 0 Å². The second-order valence-corrected chi connectivity index (χ2v) is 8.63. The van der Waals surface area contributed by atoms with Crippen LogP contribution in [0.1, 0.15) is 23.8 Å². The van der Waals surface area contributed by atoms with Gasteiger partial charge in [-0.15, -0.1) is 11.3 Å². The van der Waals surface area contributed by atoms with Crippen LogP contribution < -0.4 is 15.0 Å². The van der Waals surface area contributed by atoms with Crippen LogP contribution in [0.15, 0.2) is 59.7 Å². The number of thiophene rings is 1. The minimum absolute atomic E-state index is 0.00595. The molecule has 0 radical (unpaired) electrons. The molecular formula is C25H26N2O3S. The van der Waals surface area contributed by atoms with Gasteiger partial charge in [-0.25, -0.2) is 4.98 Å². The monoisotopic (exact) mass is 434 g/mol. The molecule has 31 heavy (non-hydrogen) atoms. The number of ether oxygens (including phenoxy) is 2. The molecule has 2 heterocycles. The summed E-state index contributed by atoms with van der Waals surface area (Å²) in [6, 6.07) is 15.9. The van der Waals surface area contributed by atoms with Crippen molar-refractivity contribution in [3.05, 3.63) is 75.7 Å². The number of hydrogen-bond donors (Lipinski definition) is 0. The lowest BCUT2D eigenvalue weighted by Gasteiger charge is -2.09. The van der Waals surface area contributed by atoms with Crippen molar-refractivity contribution in [1.29, 1.82) is 0 Å². The highest BCUT2D eigenvalue weighted by Gasteiger charge is 2.17. The lowest BCUT2D eigenvalue weighted by Crippen LogP contribution is -2.21. The smallest absolute Gasteiger partial charge is 0.262 e. The summed E-state index contributed by atoms with van der Waals surface area (Å²) in [6.07, 6.45) is 2.37. The minimum Gasteiger partial charge on any atom is -0.494 e. The maximum Gasteiger partial charge on any atom is 0.262 e. The molecule has 6 heteroatoms. The number of rotatable bonds is 8. The van der Waals surface area contributed by atoms with Crippen molar-refractivity contribution in [1.82, 2.24) is 9.55 Å². The summed E-state index contributed by atoms with van der Waals surface area (Å²) in [5, 5.41) is 0.689. The first kappa shape index (κ1) is 21.1. The maximum absolute atomic E-state index is 13.3. The summed E-state index contributed by atoms with van der Waals surface area (Å²) in [5.41, 5.74) is 3.17. The molecule has 0 amide bonds. The van der Waals surface area contributed by atoms with Gasteiger partial charge in [-0.1, -0.05) is 29.8 Å². The third-order valence-electron chi connectivity index (χ3n) is 5.14. The number of nitrogens with zero attached hydrogens (tertiary/aromatic N) is 2. The Morgan fingerprint density at radius 1 is 0.968 bits per heavy atom. The molecule has 0 N–H and O–H groups in total. The van der Waals surface area contributed by atoms with E-state index in [2.05, 4.69) is 4.98 Å². The molecular weight excluding hydrogens is 408 g/mol. The summed E-state index contributed by atoms with van der Waals surface area (Å²) in [6.45, 7) is 7.78. The van der Waals surface area contributed by atoms with Crippen molar-refractivity contribution in [2.24, 2.45) is 0 Å². The highest BCUT2D eigenvalue weighted by atomic mass is 32.1. The summed E-state index contributed by atoms with van der Waals surface area (Å²) in [7, 11) is 0. The molecule has 5 nitrogen and oxygen atoms in total. The van der Waals surface area contributed by atoms with Gasteiger partial charge in [-0.05, 0) is 57.0 Å². The first-order valence-electron chi connectivity index (χ1n) is 10.5. The van der Waals surface area contributed by atoms with E-state index in [1.807, 2.05) is 69.3 Å². The molecule has 0 spiro atoms. The average Bonchev–Trinajstić information content (AvgIpc) is 3.11. The van der Waals surface area contributed by atoms with Gasteiger partial charge in [0.25, 0.3) is 5.56 Å². The van der Waals surface area contributed by atoms with E-state index in [-0.39, 0.29) is 5.56 Å². The summed E-state index contributed by atoms with van der Waals surface area (Å²) >= 11 is 1.56. The van der Waals surface area contributed by atoms with Gasteiger partial charge in [0.15, 0.2) is 0 Å². The average molecular weight is 435 g/mol. The molecule has 4 rings (SSSR count). The molecule has 0 saturated carbocycles. The Morgan fingerprint density at radius 2 is 1.65 bits per heavy atom. The number of aromatic nitrogens is 2. The molecule has 0 bridgehead atoms. The Kier molecular flexibility index (Phi) is 6.37. The van der Waals surface area contributed by atoms with E-state index in [1.54, 1.807) is 22.2 Å². The molecule has 0 fully saturated rings. The van der Waals surface area contributed by atoms with Gasteiger partial charge in [0.1, 0.15) is 16.3 Å². The maximum atomic E-state index is 13.3. The van der Waals surface area contributed by atoms with Crippen LogP contribution in [-0.2, 0) is 6.54 Å². The number of aryl methyl sites for hydroxylation is 3. The standard InChI is InChI=1S/C25H26N2O3S/c1-4-29-20-12-8-19(9-13-20)22-18(3)31-24-23(22)25(28)27(16-26-24)14-5-15-30-21-10-6-17(2)7-11-21/h6-13,16H,4-5,14-15H2,1-3H3. The van der Waals surface area contributed by atoms with E-state index in [4.69, 9.17) is 9.47 Å². The summed E-state index contributed by atoms with van der Waals surface area (Å²) in [5.74, 6) is 1.67. The Morgan fingerprint density at radius 3 is 2.35 bits per heavy atom. The zero-order valence-electron chi connectivity index (χ0n) is 18.1. The highest BCUT2D eigenvalue weighted by molar-refractivity contribution is 7.19. The minimum atomic E-state index is -0.00595. The fourth-order valence-corrected chi connectivity index (χ4v) is 4.59. The lowest BCUT2D eigenvalue weighted by atomic mass is 10.0. The molecule has 0 aliphatic rings. The second-order valence-electron chi connectivity index (χ2n) is 7.43. The van der Waals surface area contributed by atoms with Crippen molar-refractivity contribution in [3.8, 4) is 22.6 Å². The quantitative estimate of drug-likeness (QED) is 0.338. The van der Waals surface area contributed by atoms with E-state index in [9.17, 15) is 4.79 Å². The van der Waals surface area contributed by atoms with Gasteiger partial charge in [0, 0.05) is 17.0 Å². The molecule has 2 aromatic carbocycles. The first-order chi connectivity index (χ1) is 15.1. The molecule has 0 aliphatic heterocycles. The van der Waals surface area contributed by atoms with Crippen LogP contribution in [0.5, 0.6) is 11.5 Å². The van der Waals surface area contributed by atoms with Gasteiger partial charge in [0.05, 0.1) is 24.9 Å². The van der Waals surface area contributed by atoms with E-state index in [0.29, 0.717) is 25.1 Å². The van der Waals surface area contributed by atoms with Gasteiger partial charge in [-0.3, -0.25) is 9.36 Å². The van der Waals surface area contributed by atoms with Gasteiger partial charge < -0.3 is 9.47 Å². The van der Waals surface area contributed by atoms with Crippen LogP contribution in [0.3, 0.4) is 0 Å². The van der Waals surface area contributed by atoms with Crippen molar-refractivity contribution >= 4 is 21.6 Å². The summed E-state index contributed by atoms with van der Waals surface area (Å²) in [4.78, 5) is 19.7. The van der Waals surface area contributed by atoms with E-state index < -0.39 is 0 Å². The molecule has 4 aromatic rings. The Bertz CT molecular complexity index is 1220. The van der Waals surface area contributed by atoms with E-state index in [1.165, 1.54) is 5.56 Å². The fourth-order valence-electron chi connectivity index (χ4n) is 3.59. The third kappa shape index (κ3) is 4.64. The largest absolute Gasteiger partial charge is 0.494 e. The Hall–Kier alpha value is -3.12. The predicted molar refractivity (Wildman–Crippen MR) is 127 cm³/mol. The number of hydrogen-bond acceptors (Lipinski definition) is 5. The van der Waals surface area contributed by atoms with Crippen molar-refractivity contribution in [2.75, 3.05) is 13.2 Å². The molecule has 160 valence electrons. The van der Waals surface area contributed by atoms with E-state index >= 15 is 0 Å². The van der Waals surface area contributed by atoms with Crippen molar-refractivity contribution in [2.45, 2.75) is 33.7 Å². The van der Waals surface area contributed by atoms with Crippen LogP contribution >= 0.6 is 11.3 Å². The van der Waals surface area contributed by atoms with Crippen LogP contribution in [0.25, 0.3) is 21.3 Å². The topological polar surface area (TPSA) is 53.4 Å². The molecule has 0 saturated heterocycles. The summed E-state index contributed by atoms with van der Waals surface area (Å²) < 4.78 is 13.0. The fraction of sp³-hybridized carbons (Fsp3) is 0.280. The number of fused-ring (bicyclic) bond motifs is 1. The number of benzene rings is 2. The normalized spacial score (nSPS) is 11.1. The molecule has 0 aliphatic carbocycles. The van der Waals surface area contributed by atoms with Crippen LogP contribution in [0, 0.1) is 13.8 Å². The molecule has 0 atom stereocenters. The SMILES string of the molecule is CCOc1ccc(-c2c(C)sc3ncn(CCCOc4ccc(C)cc4)c(=O)c23)cc1. The van der Waals surface area contributed by atoms with Crippen LogP contribution in [0.2, 0.25) is 0 Å². The zero-order chi connectivity index (χ0) is 21.8. The Balaban J connectivity index is 1.54. The molecule has 0 unspecified atom stereocenters. The zero-order valence-corrected chi connectivity index (χ0v) is 18.9. The van der Waals surface area contributed by atoms with Crippen LogP contribution in [0.4, 0.5) is 0 Å². The van der Waals surface area contributed by atoms with Gasteiger partial charge in [0.2, 0.25) is 0 Å². The Labute approximate surface area is 185 Å². The van der Waals surface area contributed by atoms with Crippen LogP contribution in [-0.4, -0.2) is 22.8 Å². The van der Waals surface area contributed by atoms with Gasteiger partial charge in [-0.2, -0.15) is 0 Å². The predicted octanol–water partition coefficient (Wildman–Crippen LogP) is 5.61. The van der Waals surface area contributed by atoms with E-state index in [0.717, 1.165) is 38.8 Å². The third-order valence-corrected chi connectivity index (χ3v) is 6.16. The molecule has 2 aromatic heterocycles. The second kappa shape index (κ2) is 9.35. The van der Waals surface area contributed by atoms with Crippen molar-refractivity contribution < 1.29 is 9.47 Å². The lowest BCUT2D eigenvalue weighted by molar-refractivity contribution is 0.301. The highest BCUT2D eigenvalue weighted by Crippen LogP contribution is 2.36.